The van der Waals surface area contributed by atoms with E-state index in [0.29, 0.717) is 16.6 Å². The van der Waals surface area contributed by atoms with E-state index in [-0.39, 0.29) is 22.1 Å². The van der Waals surface area contributed by atoms with Gasteiger partial charge in [-0.3, -0.25) is 9.52 Å². The molecule has 0 bridgehead atoms. The number of rotatable bonds is 6. The molecule has 3 aromatic carbocycles. The van der Waals surface area contributed by atoms with Gasteiger partial charge in [0.05, 0.1) is 22.0 Å². The van der Waals surface area contributed by atoms with Crippen LogP contribution in [0.3, 0.4) is 0 Å². The van der Waals surface area contributed by atoms with Gasteiger partial charge in [0.25, 0.3) is 15.9 Å². The molecule has 4 aromatic rings. The SMILES string of the molecule is CC(c1ccc(F)c(F)c1)N(C)C(=O)c1ccc(NS(=O)(=O)c2ccc3[nH]c(=O)[nH]c3c2)cc1. The number of hydrogen-bond donors (Lipinski definition) is 3. The van der Waals surface area contributed by atoms with Crippen molar-refractivity contribution in [3.63, 3.8) is 0 Å². The zero-order valence-corrected chi connectivity index (χ0v) is 18.9. The minimum atomic E-state index is -3.95. The van der Waals surface area contributed by atoms with Crippen LogP contribution < -0.4 is 10.4 Å². The van der Waals surface area contributed by atoms with Gasteiger partial charge in [0, 0.05) is 18.3 Å². The number of carbonyl (C=O) groups is 1. The van der Waals surface area contributed by atoms with Gasteiger partial charge in [0.2, 0.25) is 0 Å². The molecule has 0 saturated carbocycles. The lowest BCUT2D eigenvalue weighted by atomic mass is 10.1. The van der Waals surface area contributed by atoms with Crippen molar-refractivity contribution in [2.45, 2.75) is 17.9 Å². The van der Waals surface area contributed by atoms with Crippen molar-refractivity contribution in [3.8, 4) is 0 Å². The summed E-state index contributed by atoms with van der Waals surface area (Å²) < 4.78 is 54.6. The molecule has 3 N–H and O–H groups in total. The zero-order valence-electron chi connectivity index (χ0n) is 18.1. The molecule has 1 aromatic heterocycles. The number of carbonyl (C=O) groups excluding carboxylic acids is 1. The number of sulfonamides is 1. The molecule has 0 aliphatic carbocycles. The smallest absolute Gasteiger partial charge is 0.323 e. The Balaban J connectivity index is 1.49. The Morgan fingerprint density at radius 1 is 0.941 bits per heavy atom. The molecule has 4 rings (SSSR count). The highest BCUT2D eigenvalue weighted by Gasteiger charge is 2.21. The highest BCUT2D eigenvalue weighted by Crippen LogP contribution is 2.24. The van der Waals surface area contributed by atoms with E-state index in [2.05, 4.69) is 14.7 Å². The Hall–Kier alpha value is -3.99. The molecule has 34 heavy (non-hydrogen) atoms. The summed E-state index contributed by atoms with van der Waals surface area (Å²) in [4.78, 5) is 30.6. The molecule has 8 nitrogen and oxygen atoms in total. The van der Waals surface area contributed by atoms with E-state index in [9.17, 15) is 26.8 Å². The predicted molar refractivity (Wildman–Crippen MR) is 123 cm³/mol. The third-order valence-corrected chi connectivity index (χ3v) is 6.89. The van der Waals surface area contributed by atoms with E-state index in [0.717, 1.165) is 12.1 Å². The Morgan fingerprint density at radius 3 is 2.29 bits per heavy atom. The Kier molecular flexibility index (Phi) is 5.96. The van der Waals surface area contributed by atoms with Crippen LogP contribution in [0, 0.1) is 11.6 Å². The first kappa shape index (κ1) is 23.2. The van der Waals surface area contributed by atoms with Crippen LogP contribution in [0.1, 0.15) is 28.9 Å². The number of hydrogen-bond acceptors (Lipinski definition) is 4. The molecule has 0 aliphatic heterocycles. The van der Waals surface area contributed by atoms with Crippen molar-refractivity contribution in [2.75, 3.05) is 11.8 Å². The number of nitrogens with zero attached hydrogens (tertiary/aromatic N) is 1. The number of halogens is 2. The van der Waals surface area contributed by atoms with Gasteiger partial charge in [-0.25, -0.2) is 22.0 Å². The normalized spacial score (nSPS) is 12.5. The lowest BCUT2D eigenvalue weighted by Gasteiger charge is -2.25. The third kappa shape index (κ3) is 4.55. The van der Waals surface area contributed by atoms with Crippen molar-refractivity contribution in [1.82, 2.24) is 14.9 Å². The molecule has 1 amide bonds. The maximum atomic E-state index is 13.6. The minimum Gasteiger partial charge on any atom is -0.335 e. The summed E-state index contributed by atoms with van der Waals surface area (Å²) in [5.74, 6) is -2.35. The van der Waals surface area contributed by atoms with Gasteiger partial charge in [-0.1, -0.05) is 6.07 Å². The van der Waals surface area contributed by atoms with Crippen LogP contribution in [-0.4, -0.2) is 36.2 Å². The molecular formula is C23H20F2N4O4S. The summed E-state index contributed by atoms with van der Waals surface area (Å²) in [7, 11) is -2.42. The van der Waals surface area contributed by atoms with E-state index >= 15 is 0 Å². The highest BCUT2D eigenvalue weighted by atomic mass is 32.2. The van der Waals surface area contributed by atoms with Crippen LogP contribution in [0.5, 0.6) is 0 Å². The van der Waals surface area contributed by atoms with Crippen molar-refractivity contribution in [3.05, 3.63) is 93.9 Å². The lowest BCUT2D eigenvalue weighted by Crippen LogP contribution is -2.29. The maximum absolute atomic E-state index is 13.6. The molecule has 11 heteroatoms. The second-order valence-electron chi connectivity index (χ2n) is 7.73. The maximum Gasteiger partial charge on any atom is 0.323 e. The van der Waals surface area contributed by atoms with E-state index in [1.54, 1.807) is 6.92 Å². The van der Waals surface area contributed by atoms with Gasteiger partial charge in [0.15, 0.2) is 11.6 Å². The minimum absolute atomic E-state index is 0.0458. The van der Waals surface area contributed by atoms with Crippen LogP contribution in [0.2, 0.25) is 0 Å². The van der Waals surface area contributed by atoms with Gasteiger partial charge in [-0.15, -0.1) is 0 Å². The molecule has 0 spiro atoms. The molecule has 0 saturated heterocycles. The first-order valence-corrected chi connectivity index (χ1v) is 11.6. The molecule has 0 fully saturated rings. The number of imidazole rings is 1. The van der Waals surface area contributed by atoms with Crippen molar-refractivity contribution in [2.24, 2.45) is 0 Å². The predicted octanol–water partition coefficient (Wildman–Crippen LogP) is 3.77. The number of benzene rings is 3. The summed E-state index contributed by atoms with van der Waals surface area (Å²) in [5.41, 5.74) is 1.34. The second kappa shape index (κ2) is 8.75. The number of nitrogens with one attached hydrogen (secondary N) is 3. The second-order valence-corrected chi connectivity index (χ2v) is 9.42. The zero-order chi connectivity index (χ0) is 24.6. The molecule has 0 aliphatic rings. The summed E-state index contributed by atoms with van der Waals surface area (Å²) in [6.07, 6.45) is 0. The first-order valence-electron chi connectivity index (χ1n) is 10.1. The fourth-order valence-corrected chi connectivity index (χ4v) is 4.53. The molecule has 176 valence electrons. The van der Waals surface area contributed by atoms with Crippen LogP contribution in [0.15, 0.2) is 70.4 Å². The first-order chi connectivity index (χ1) is 16.0. The average Bonchev–Trinajstić information content (AvgIpc) is 3.19. The van der Waals surface area contributed by atoms with Gasteiger partial charge in [-0.05, 0) is 67.1 Å². The quantitative estimate of drug-likeness (QED) is 0.385. The fourth-order valence-electron chi connectivity index (χ4n) is 3.45. The van der Waals surface area contributed by atoms with Gasteiger partial charge in [-0.2, -0.15) is 0 Å². The van der Waals surface area contributed by atoms with Crippen molar-refractivity contribution >= 4 is 32.7 Å². The average molecular weight is 487 g/mol. The monoisotopic (exact) mass is 486 g/mol. The summed E-state index contributed by atoms with van der Waals surface area (Å²) in [6, 6.07) is 12.9. The number of fused-ring (bicyclic) bond motifs is 1. The van der Waals surface area contributed by atoms with E-state index in [1.807, 2.05) is 0 Å². The molecular weight excluding hydrogens is 466 g/mol. The van der Waals surface area contributed by atoms with Crippen LogP contribution in [0.25, 0.3) is 11.0 Å². The number of aromatic nitrogens is 2. The van der Waals surface area contributed by atoms with Crippen LogP contribution >= 0.6 is 0 Å². The lowest BCUT2D eigenvalue weighted by molar-refractivity contribution is 0.0742. The largest absolute Gasteiger partial charge is 0.335 e. The fraction of sp³-hybridized carbons (Fsp3) is 0.130. The topological polar surface area (TPSA) is 115 Å². The summed E-state index contributed by atoms with van der Waals surface area (Å²) in [6.45, 7) is 1.68. The van der Waals surface area contributed by atoms with E-state index < -0.39 is 33.4 Å². The Bertz CT molecular complexity index is 1550. The Labute approximate surface area is 193 Å². The van der Waals surface area contributed by atoms with Crippen LogP contribution in [0.4, 0.5) is 14.5 Å². The molecule has 0 radical (unpaired) electrons. The van der Waals surface area contributed by atoms with Gasteiger partial charge < -0.3 is 14.9 Å². The van der Waals surface area contributed by atoms with E-state index in [4.69, 9.17) is 0 Å². The van der Waals surface area contributed by atoms with Crippen LogP contribution in [-0.2, 0) is 10.0 Å². The number of aromatic amines is 2. The standard InChI is InChI=1S/C23H20F2N4O4S/c1-13(15-5-9-18(24)19(25)11-15)29(2)22(30)14-3-6-16(7-4-14)28-34(32,33)17-8-10-20-21(12-17)27-23(31)26-20/h3-13,28H,1-2H3,(H2,26,27,31). The Morgan fingerprint density at radius 2 is 1.62 bits per heavy atom. The summed E-state index contributed by atoms with van der Waals surface area (Å²) >= 11 is 0. The number of amides is 1. The molecule has 1 unspecified atom stereocenters. The summed E-state index contributed by atoms with van der Waals surface area (Å²) in [5, 5.41) is 0. The van der Waals surface area contributed by atoms with Crippen molar-refractivity contribution < 1.29 is 22.0 Å². The van der Waals surface area contributed by atoms with Gasteiger partial charge >= 0.3 is 5.69 Å². The number of anilines is 1. The number of H-pyrrole nitrogens is 2. The van der Waals surface area contributed by atoms with E-state index in [1.165, 1.54) is 60.5 Å². The molecule has 1 heterocycles. The van der Waals surface area contributed by atoms with Crippen molar-refractivity contribution in [1.29, 1.82) is 0 Å². The van der Waals surface area contributed by atoms with Gasteiger partial charge in [0.1, 0.15) is 0 Å². The highest BCUT2D eigenvalue weighted by molar-refractivity contribution is 7.92. The third-order valence-electron chi connectivity index (χ3n) is 5.51. The molecule has 1 atom stereocenters.